The number of amides is 2. The zero-order chi connectivity index (χ0) is 24.7. The van der Waals surface area contributed by atoms with Gasteiger partial charge >= 0.3 is 5.97 Å². The van der Waals surface area contributed by atoms with Crippen molar-refractivity contribution in [2.24, 2.45) is 0 Å². The maximum Gasteiger partial charge on any atom is 0.335 e. The minimum atomic E-state index is -1.08. The molecule has 2 aromatic carbocycles. The van der Waals surface area contributed by atoms with Gasteiger partial charge in [-0.2, -0.15) is 0 Å². The van der Waals surface area contributed by atoms with Gasteiger partial charge in [0.1, 0.15) is 5.57 Å². The number of aromatic nitrogens is 1. The number of aryl methyl sites for hydroxylation is 3. The molecule has 1 aliphatic heterocycles. The van der Waals surface area contributed by atoms with E-state index in [0.717, 1.165) is 28.2 Å². The van der Waals surface area contributed by atoms with E-state index in [4.69, 9.17) is 17.3 Å². The van der Waals surface area contributed by atoms with Crippen molar-refractivity contribution in [3.8, 4) is 5.69 Å². The number of anilines is 1. The summed E-state index contributed by atoms with van der Waals surface area (Å²) < 4.78 is 2.10. The van der Waals surface area contributed by atoms with Crippen LogP contribution >= 0.6 is 12.2 Å². The summed E-state index contributed by atoms with van der Waals surface area (Å²) in [6.45, 7) is 8.01. The molecule has 0 atom stereocenters. The zero-order valence-electron chi connectivity index (χ0n) is 19.2. The molecule has 1 aromatic heterocycles. The predicted octanol–water partition coefficient (Wildman–Crippen LogP) is 4.24. The van der Waals surface area contributed by atoms with Crippen LogP contribution in [0.1, 0.15) is 38.4 Å². The van der Waals surface area contributed by atoms with Crippen molar-refractivity contribution in [1.29, 1.82) is 0 Å². The van der Waals surface area contributed by atoms with Crippen molar-refractivity contribution in [2.45, 2.75) is 27.7 Å². The Balaban J connectivity index is 1.75. The van der Waals surface area contributed by atoms with E-state index in [1.165, 1.54) is 34.7 Å². The van der Waals surface area contributed by atoms with Gasteiger partial charge in [-0.1, -0.05) is 17.7 Å². The molecular formula is C26H23N3O4S. The van der Waals surface area contributed by atoms with Crippen LogP contribution in [0.15, 0.2) is 54.1 Å². The van der Waals surface area contributed by atoms with E-state index in [2.05, 4.69) is 22.0 Å². The highest BCUT2D eigenvalue weighted by Crippen LogP contribution is 2.27. The van der Waals surface area contributed by atoms with Crippen molar-refractivity contribution in [2.75, 3.05) is 4.90 Å². The number of nitrogens with one attached hydrogen (secondary N) is 1. The monoisotopic (exact) mass is 473 g/mol. The minimum absolute atomic E-state index is 0.0585. The zero-order valence-corrected chi connectivity index (χ0v) is 20.0. The molecule has 34 heavy (non-hydrogen) atoms. The molecule has 8 heteroatoms. The van der Waals surface area contributed by atoms with Crippen molar-refractivity contribution in [1.82, 2.24) is 9.88 Å². The smallest absolute Gasteiger partial charge is 0.335 e. The van der Waals surface area contributed by atoms with Crippen LogP contribution in [0.4, 0.5) is 5.69 Å². The third-order valence-corrected chi connectivity index (χ3v) is 6.12. The number of thiocarbonyl (C=S) groups is 1. The molecule has 4 rings (SSSR count). The second-order valence-corrected chi connectivity index (χ2v) is 8.65. The molecule has 1 saturated heterocycles. The summed E-state index contributed by atoms with van der Waals surface area (Å²) >= 11 is 5.23. The van der Waals surface area contributed by atoms with E-state index in [0.29, 0.717) is 5.69 Å². The van der Waals surface area contributed by atoms with Gasteiger partial charge in [-0.05, 0) is 93.5 Å². The van der Waals surface area contributed by atoms with Gasteiger partial charge < -0.3 is 9.67 Å². The van der Waals surface area contributed by atoms with Gasteiger partial charge in [0, 0.05) is 17.1 Å². The van der Waals surface area contributed by atoms with E-state index in [9.17, 15) is 14.4 Å². The molecule has 3 aromatic rings. The number of rotatable bonds is 4. The Hall–Kier alpha value is -4.04. The highest BCUT2D eigenvalue weighted by molar-refractivity contribution is 7.80. The number of carbonyl (C=O) groups is 3. The number of carbonyl (C=O) groups excluding carboxylic acids is 2. The van der Waals surface area contributed by atoms with E-state index in [1.807, 2.05) is 39.8 Å². The first kappa shape index (κ1) is 23.1. The van der Waals surface area contributed by atoms with E-state index >= 15 is 0 Å². The molecule has 2 N–H and O–H groups in total. The topological polar surface area (TPSA) is 91.6 Å². The number of aromatic carboxylic acids is 1. The number of hydrogen-bond acceptors (Lipinski definition) is 4. The van der Waals surface area contributed by atoms with E-state index in [1.54, 1.807) is 6.08 Å². The fraction of sp³-hybridized carbons (Fsp3) is 0.154. The van der Waals surface area contributed by atoms with Crippen molar-refractivity contribution >= 4 is 46.9 Å². The molecule has 2 amide bonds. The van der Waals surface area contributed by atoms with Crippen molar-refractivity contribution < 1.29 is 19.5 Å². The Kier molecular flexibility index (Phi) is 5.93. The first-order valence-electron chi connectivity index (χ1n) is 10.6. The van der Waals surface area contributed by atoms with E-state index < -0.39 is 17.8 Å². The Morgan fingerprint density at radius 1 is 1.00 bits per heavy atom. The Bertz CT molecular complexity index is 1400. The van der Waals surface area contributed by atoms with Crippen LogP contribution in [0.25, 0.3) is 11.8 Å². The van der Waals surface area contributed by atoms with E-state index in [-0.39, 0.29) is 16.2 Å². The molecule has 0 aliphatic carbocycles. The molecule has 172 valence electrons. The average molecular weight is 474 g/mol. The molecule has 0 radical (unpaired) electrons. The number of hydrogen-bond donors (Lipinski definition) is 2. The second-order valence-electron chi connectivity index (χ2n) is 8.26. The standard InChI is InChI=1S/C26H23N3O4S/c1-14-5-10-22(15(2)11-14)28-16(3)12-19(17(28)4)13-21-23(30)27-26(34)29(24(21)31)20-8-6-18(7-9-20)25(32)33/h5-13H,1-4H3,(H,32,33)(H,27,30,34)/b21-13+. The van der Waals surface area contributed by atoms with Gasteiger partial charge in [0.05, 0.1) is 11.3 Å². The third-order valence-electron chi connectivity index (χ3n) is 5.84. The first-order chi connectivity index (χ1) is 16.1. The summed E-state index contributed by atoms with van der Waals surface area (Å²) in [4.78, 5) is 38.4. The van der Waals surface area contributed by atoms with Gasteiger partial charge in [-0.15, -0.1) is 0 Å². The summed E-state index contributed by atoms with van der Waals surface area (Å²) in [6, 6.07) is 13.9. The largest absolute Gasteiger partial charge is 0.478 e. The normalized spacial score (nSPS) is 15.1. The summed E-state index contributed by atoms with van der Waals surface area (Å²) in [5.74, 6) is -2.23. The van der Waals surface area contributed by atoms with Crippen LogP contribution < -0.4 is 10.2 Å². The lowest BCUT2D eigenvalue weighted by atomic mass is 10.1. The number of benzene rings is 2. The lowest BCUT2D eigenvalue weighted by Crippen LogP contribution is -2.54. The third kappa shape index (κ3) is 4.04. The quantitative estimate of drug-likeness (QED) is 0.336. The predicted molar refractivity (Wildman–Crippen MR) is 134 cm³/mol. The molecule has 0 bridgehead atoms. The molecule has 2 heterocycles. The van der Waals surface area contributed by atoms with Crippen LogP contribution in [0.3, 0.4) is 0 Å². The molecular weight excluding hydrogens is 450 g/mol. The molecule has 1 fully saturated rings. The molecule has 0 spiro atoms. The van der Waals surface area contributed by atoms with Crippen molar-refractivity contribution in [3.63, 3.8) is 0 Å². The molecule has 1 aliphatic rings. The van der Waals surface area contributed by atoms with Crippen LogP contribution in [0.5, 0.6) is 0 Å². The number of carboxylic acids is 1. The number of nitrogens with zero attached hydrogens (tertiary/aromatic N) is 2. The maximum atomic E-state index is 13.3. The van der Waals surface area contributed by atoms with Crippen LogP contribution in [-0.4, -0.2) is 32.6 Å². The highest BCUT2D eigenvalue weighted by atomic mass is 32.1. The van der Waals surface area contributed by atoms with Gasteiger partial charge in [0.15, 0.2) is 5.11 Å². The summed E-state index contributed by atoms with van der Waals surface area (Å²) in [6.07, 6.45) is 1.57. The highest BCUT2D eigenvalue weighted by Gasteiger charge is 2.34. The maximum absolute atomic E-state index is 13.3. The Morgan fingerprint density at radius 2 is 1.68 bits per heavy atom. The van der Waals surface area contributed by atoms with Gasteiger partial charge in [0.25, 0.3) is 11.8 Å². The van der Waals surface area contributed by atoms with Crippen LogP contribution in [0.2, 0.25) is 0 Å². The fourth-order valence-electron chi connectivity index (χ4n) is 4.16. The molecule has 0 unspecified atom stereocenters. The Morgan fingerprint density at radius 3 is 2.29 bits per heavy atom. The summed E-state index contributed by atoms with van der Waals surface area (Å²) in [5, 5.41) is 11.6. The minimum Gasteiger partial charge on any atom is -0.478 e. The lowest BCUT2D eigenvalue weighted by Gasteiger charge is -2.29. The van der Waals surface area contributed by atoms with Gasteiger partial charge in [-0.3, -0.25) is 19.8 Å². The fourth-order valence-corrected chi connectivity index (χ4v) is 4.44. The molecule has 7 nitrogen and oxygen atoms in total. The van der Waals surface area contributed by atoms with Crippen LogP contribution in [-0.2, 0) is 9.59 Å². The average Bonchev–Trinajstić information content (AvgIpc) is 3.04. The van der Waals surface area contributed by atoms with Gasteiger partial charge in [0.2, 0.25) is 0 Å². The Labute approximate surface area is 202 Å². The number of carboxylic acid groups (broad SMARTS) is 1. The van der Waals surface area contributed by atoms with Crippen molar-refractivity contribution in [3.05, 3.63) is 87.7 Å². The lowest BCUT2D eigenvalue weighted by molar-refractivity contribution is -0.122. The second kappa shape index (κ2) is 8.72. The SMILES string of the molecule is Cc1ccc(-n2c(C)cc(/C=C3\C(=O)NC(=S)N(c4ccc(C(=O)O)cc4)C3=O)c2C)c(C)c1. The summed E-state index contributed by atoms with van der Waals surface area (Å²) in [7, 11) is 0. The van der Waals surface area contributed by atoms with Crippen LogP contribution in [0, 0.1) is 27.7 Å². The summed E-state index contributed by atoms with van der Waals surface area (Å²) in [5.41, 5.74) is 6.31. The first-order valence-corrected chi connectivity index (χ1v) is 11.0. The molecule has 0 saturated carbocycles. The van der Waals surface area contributed by atoms with Gasteiger partial charge in [-0.25, -0.2) is 4.79 Å².